The highest BCUT2D eigenvalue weighted by Gasteiger charge is 2.16. The maximum atomic E-state index is 12.3. The number of ether oxygens (including phenoxy) is 1. The molecule has 0 saturated carbocycles. The molecule has 2 rings (SSSR count). The second-order valence-corrected chi connectivity index (χ2v) is 5.66. The first kappa shape index (κ1) is 19.4. The molecule has 1 atom stereocenters. The molecule has 0 fully saturated rings. The molecule has 2 N–H and O–H groups in total. The van der Waals surface area contributed by atoms with Crippen molar-refractivity contribution in [3.05, 3.63) is 65.7 Å². The van der Waals surface area contributed by atoms with Crippen molar-refractivity contribution in [3.8, 4) is 5.75 Å². The van der Waals surface area contributed by atoms with Crippen LogP contribution in [0.25, 0.3) is 0 Å². The third kappa shape index (κ3) is 6.51. The molecular weight excluding hydrogens is 344 g/mol. The first-order valence-electron chi connectivity index (χ1n) is 8.04. The van der Waals surface area contributed by atoms with Crippen molar-refractivity contribution in [1.29, 1.82) is 0 Å². The fourth-order valence-electron chi connectivity index (χ4n) is 2.49. The molecule has 5 nitrogen and oxygen atoms in total. The van der Waals surface area contributed by atoms with Crippen molar-refractivity contribution < 1.29 is 28.2 Å². The number of carbonyl (C=O) groups is 2. The smallest absolute Gasteiger partial charge is 0.387 e. The van der Waals surface area contributed by atoms with Crippen LogP contribution in [-0.4, -0.2) is 23.6 Å². The topological polar surface area (TPSA) is 75.6 Å². The average Bonchev–Trinajstić information content (AvgIpc) is 2.60. The minimum Gasteiger partial charge on any atom is -0.481 e. The van der Waals surface area contributed by atoms with E-state index in [1.807, 2.05) is 30.3 Å². The van der Waals surface area contributed by atoms with Crippen molar-refractivity contribution in [1.82, 2.24) is 5.32 Å². The van der Waals surface area contributed by atoms with Crippen LogP contribution in [-0.2, 0) is 16.0 Å². The molecule has 1 amide bonds. The summed E-state index contributed by atoms with van der Waals surface area (Å²) in [5, 5.41) is 11.7. The lowest BCUT2D eigenvalue weighted by Crippen LogP contribution is -2.30. The molecule has 0 radical (unpaired) electrons. The van der Waals surface area contributed by atoms with Crippen molar-refractivity contribution in [2.75, 3.05) is 0 Å². The van der Waals surface area contributed by atoms with Crippen LogP contribution in [0.3, 0.4) is 0 Å². The predicted octanol–water partition coefficient (Wildman–Crippen LogP) is 3.55. The van der Waals surface area contributed by atoms with Crippen LogP contribution in [0.4, 0.5) is 8.78 Å². The zero-order chi connectivity index (χ0) is 18.9. The SMILES string of the molecule is O=C(O)CCC(NC(=O)Cc1ccc(OC(F)F)cc1)c1ccccc1. The lowest BCUT2D eigenvalue weighted by molar-refractivity contribution is -0.137. The van der Waals surface area contributed by atoms with Gasteiger partial charge >= 0.3 is 12.6 Å². The Morgan fingerprint density at radius 2 is 1.69 bits per heavy atom. The van der Waals surface area contributed by atoms with Crippen molar-refractivity contribution in [2.24, 2.45) is 0 Å². The van der Waals surface area contributed by atoms with Gasteiger partial charge in [0.05, 0.1) is 12.5 Å². The van der Waals surface area contributed by atoms with E-state index in [4.69, 9.17) is 5.11 Å². The van der Waals surface area contributed by atoms with Gasteiger partial charge in [0.15, 0.2) is 0 Å². The van der Waals surface area contributed by atoms with Crippen LogP contribution in [0.5, 0.6) is 5.75 Å². The summed E-state index contributed by atoms with van der Waals surface area (Å²) in [7, 11) is 0. The summed E-state index contributed by atoms with van der Waals surface area (Å²) in [6.45, 7) is -2.90. The lowest BCUT2D eigenvalue weighted by Gasteiger charge is -2.18. The van der Waals surface area contributed by atoms with Gasteiger partial charge in [-0.1, -0.05) is 42.5 Å². The minimum atomic E-state index is -2.90. The number of halogens is 2. The standard InChI is InChI=1S/C19H19F2NO4/c20-19(21)26-15-8-6-13(7-9-15)12-17(23)22-16(10-11-18(24)25)14-4-2-1-3-5-14/h1-9,16,19H,10-12H2,(H,22,23)(H,24,25). The maximum absolute atomic E-state index is 12.3. The molecule has 26 heavy (non-hydrogen) atoms. The van der Waals surface area contributed by atoms with Gasteiger partial charge in [0.1, 0.15) is 5.75 Å². The summed E-state index contributed by atoms with van der Waals surface area (Å²) in [6, 6.07) is 14.5. The van der Waals surface area contributed by atoms with Crippen LogP contribution in [0.15, 0.2) is 54.6 Å². The first-order chi connectivity index (χ1) is 12.4. The number of hydrogen-bond acceptors (Lipinski definition) is 3. The van der Waals surface area contributed by atoms with E-state index in [-0.39, 0.29) is 30.9 Å². The van der Waals surface area contributed by atoms with E-state index in [0.717, 1.165) is 5.56 Å². The van der Waals surface area contributed by atoms with Crippen molar-refractivity contribution in [3.63, 3.8) is 0 Å². The van der Waals surface area contributed by atoms with Gasteiger partial charge in [0.2, 0.25) is 5.91 Å². The van der Waals surface area contributed by atoms with Crippen LogP contribution in [0.2, 0.25) is 0 Å². The van der Waals surface area contributed by atoms with Crippen LogP contribution in [0, 0.1) is 0 Å². The largest absolute Gasteiger partial charge is 0.481 e. The summed E-state index contributed by atoms with van der Waals surface area (Å²) >= 11 is 0. The quantitative estimate of drug-likeness (QED) is 0.714. The Morgan fingerprint density at radius 3 is 2.27 bits per heavy atom. The molecule has 2 aromatic rings. The van der Waals surface area contributed by atoms with E-state index < -0.39 is 18.6 Å². The number of benzene rings is 2. The number of aliphatic carboxylic acids is 1. The number of carbonyl (C=O) groups excluding carboxylic acids is 1. The van der Waals surface area contributed by atoms with Gasteiger partial charge in [-0.05, 0) is 29.7 Å². The van der Waals surface area contributed by atoms with E-state index in [9.17, 15) is 18.4 Å². The summed E-state index contributed by atoms with van der Waals surface area (Å²) in [4.78, 5) is 23.1. The molecule has 1 unspecified atom stereocenters. The Bertz CT molecular complexity index is 720. The number of hydrogen-bond donors (Lipinski definition) is 2. The van der Waals surface area contributed by atoms with E-state index in [0.29, 0.717) is 5.56 Å². The second-order valence-electron chi connectivity index (χ2n) is 5.66. The van der Waals surface area contributed by atoms with Crippen LogP contribution >= 0.6 is 0 Å². The number of amides is 1. The molecular formula is C19H19F2NO4. The first-order valence-corrected chi connectivity index (χ1v) is 8.04. The molecule has 0 aliphatic rings. The third-order valence-electron chi connectivity index (χ3n) is 3.70. The van der Waals surface area contributed by atoms with E-state index in [1.165, 1.54) is 24.3 Å². The lowest BCUT2D eigenvalue weighted by atomic mass is 10.0. The molecule has 0 bridgehead atoms. The third-order valence-corrected chi connectivity index (χ3v) is 3.70. The highest BCUT2D eigenvalue weighted by atomic mass is 19.3. The molecule has 2 aromatic carbocycles. The van der Waals surface area contributed by atoms with Crippen molar-refractivity contribution in [2.45, 2.75) is 31.9 Å². The Balaban J connectivity index is 1.98. The number of alkyl halides is 2. The predicted molar refractivity (Wildman–Crippen MR) is 91.0 cm³/mol. The normalized spacial score (nSPS) is 11.8. The van der Waals surface area contributed by atoms with E-state index in [2.05, 4.69) is 10.1 Å². The Kier molecular flexibility index (Phi) is 7.08. The van der Waals surface area contributed by atoms with Crippen molar-refractivity contribution >= 4 is 11.9 Å². The zero-order valence-corrected chi connectivity index (χ0v) is 13.9. The van der Waals surface area contributed by atoms with Gasteiger partial charge in [0, 0.05) is 6.42 Å². The molecule has 0 saturated heterocycles. The van der Waals surface area contributed by atoms with Crippen LogP contribution in [0.1, 0.15) is 30.0 Å². The molecule has 0 aliphatic heterocycles. The Morgan fingerprint density at radius 1 is 1.04 bits per heavy atom. The maximum Gasteiger partial charge on any atom is 0.387 e. The van der Waals surface area contributed by atoms with Gasteiger partial charge in [0.25, 0.3) is 0 Å². The van der Waals surface area contributed by atoms with Gasteiger partial charge < -0.3 is 15.2 Å². The fraction of sp³-hybridized carbons (Fsp3) is 0.263. The summed E-state index contributed by atoms with van der Waals surface area (Å²) in [5.41, 5.74) is 1.46. The van der Waals surface area contributed by atoms with Crippen LogP contribution < -0.4 is 10.1 Å². The molecule has 0 heterocycles. The van der Waals surface area contributed by atoms with Gasteiger partial charge in [-0.15, -0.1) is 0 Å². The van der Waals surface area contributed by atoms with Gasteiger partial charge in [-0.3, -0.25) is 9.59 Å². The Labute approximate surface area is 149 Å². The monoisotopic (exact) mass is 363 g/mol. The summed E-state index contributed by atoms with van der Waals surface area (Å²) in [6.07, 6.45) is 0.247. The van der Waals surface area contributed by atoms with Gasteiger partial charge in [-0.25, -0.2) is 0 Å². The summed E-state index contributed by atoms with van der Waals surface area (Å²) < 4.78 is 28.5. The van der Waals surface area contributed by atoms with E-state index in [1.54, 1.807) is 0 Å². The molecule has 7 heteroatoms. The van der Waals surface area contributed by atoms with Gasteiger partial charge in [-0.2, -0.15) is 8.78 Å². The highest BCUT2D eigenvalue weighted by molar-refractivity contribution is 5.79. The molecule has 0 aliphatic carbocycles. The summed E-state index contributed by atoms with van der Waals surface area (Å²) in [5.74, 6) is -1.20. The molecule has 0 spiro atoms. The number of nitrogens with one attached hydrogen (secondary N) is 1. The van der Waals surface area contributed by atoms with E-state index >= 15 is 0 Å². The second kappa shape index (κ2) is 9.50. The minimum absolute atomic E-state index is 0.0211. The Hall–Kier alpha value is -2.96. The fourth-order valence-corrected chi connectivity index (χ4v) is 2.49. The zero-order valence-electron chi connectivity index (χ0n) is 13.9. The highest BCUT2D eigenvalue weighted by Crippen LogP contribution is 2.19. The number of carboxylic acid groups (broad SMARTS) is 1. The number of rotatable bonds is 9. The molecule has 0 aromatic heterocycles. The average molecular weight is 363 g/mol. The molecule has 138 valence electrons. The number of carboxylic acids is 1.